The molecule has 1 aliphatic carbocycles. The number of para-hydroxylation sites is 1. The quantitative estimate of drug-likeness (QED) is 0.143. The maximum atomic E-state index is 13.1. The number of amides is 1. The van der Waals surface area contributed by atoms with Crippen molar-refractivity contribution in [3.8, 4) is 5.75 Å². The average Bonchev–Trinajstić information content (AvgIpc) is 3.03. The first kappa shape index (κ1) is 33.4. The molecular weight excluding hydrogens is 602 g/mol. The first-order chi connectivity index (χ1) is 21.2. The standard InChI is InChI=1S/C31H42ClN7O4S/c1-4-39(5-2)28-21-27(32)36-30(37-28)33-19-20-35-44(41,42)38-24-15-17-31(18-16-24,23-11-7-6-8-12-23)22-34-29(40)25-13-9-10-14-26(25)43-3/h6-14,21,24,35,38H,4-5,15-20,22H2,1-3H3,(H,34,40)(H,33,36,37)/t24-,31-. The van der Waals surface area contributed by atoms with Crippen LogP contribution in [-0.4, -0.2) is 70.2 Å². The molecule has 2 aromatic carbocycles. The predicted molar refractivity (Wildman–Crippen MR) is 175 cm³/mol. The van der Waals surface area contributed by atoms with Crippen molar-refractivity contribution in [2.45, 2.75) is 51.0 Å². The molecule has 3 aromatic rings. The van der Waals surface area contributed by atoms with Crippen molar-refractivity contribution >= 4 is 39.5 Å². The summed E-state index contributed by atoms with van der Waals surface area (Å²) in [7, 11) is -2.20. The van der Waals surface area contributed by atoms with E-state index in [9.17, 15) is 13.2 Å². The molecule has 1 saturated carbocycles. The Balaban J connectivity index is 1.31. The Labute approximate surface area is 265 Å². The highest BCUT2D eigenvalue weighted by molar-refractivity contribution is 7.87. The monoisotopic (exact) mass is 643 g/mol. The van der Waals surface area contributed by atoms with Crippen LogP contribution < -0.4 is 29.7 Å². The van der Waals surface area contributed by atoms with Crippen molar-refractivity contribution < 1.29 is 17.9 Å². The topological polar surface area (TPSA) is 138 Å². The lowest BCUT2D eigenvalue weighted by Gasteiger charge is -2.41. The summed E-state index contributed by atoms with van der Waals surface area (Å²) >= 11 is 6.17. The lowest BCUT2D eigenvalue weighted by molar-refractivity contribution is 0.0932. The molecule has 0 atom stereocenters. The second-order valence-electron chi connectivity index (χ2n) is 10.8. The average molecular weight is 644 g/mol. The fourth-order valence-corrected chi connectivity index (χ4v) is 6.95. The van der Waals surface area contributed by atoms with E-state index < -0.39 is 10.2 Å². The molecule has 44 heavy (non-hydrogen) atoms. The van der Waals surface area contributed by atoms with Crippen LogP contribution in [0, 0.1) is 0 Å². The fourth-order valence-electron chi connectivity index (χ4n) is 5.64. The molecule has 1 amide bonds. The van der Waals surface area contributed by atoms with Crippen molar-refractivity contribution in [1.82, 2.24) is 24.7 Å². The third-order valence-corrected chi connectivity index (χ3v) is 9.48. The van der Waals surface area contributed by atoms with Gasteiger partial charge in [-0.3, -0.25) is 4.79 Å². The number of rotatable bonds is 15. The maximum Gasteiger partial charge on any atom is 0.277 e. The summed E-state index contributed by atoms with van der Waals surface area (Å²) in [6.07, 6.45) is 2.67. The SMILES string of the molecule is CCN(CC)c1cc(Cl)nc(NCCNS(=O)(=O)N[C@H]2CC[C@](CNC(=O)c3ccccc3OC)(c3ccccc3)CC2)n1. The Morgan fingerprint density at radius 1 is 1.02 bits per heavy atom. The largest absolute Gasteiger partial charge is 0.496 e. The van der Waals surface area contributed by atoms with E-state index in [4.69, 9.17) is 16.3 Å². The Morgan fingerprint density at radius 3 is 2.39 bits per heavy atom. The second kappa shape index (κ2) is 15.5. The molecule has 1 aromatic heterocycles. The van der Waals surface area contributed by atoms with E-state index in [1.807, 2.05) is 38.1 Å². The van der Waals surface area contributed by atoms with Crippen molar-refractivity contribution in [2.24, 2.45) is 0 Å². The molecule has 1 fully saturated rings. The van der Waals surface area contributed by atoms with Gasteiger partial charge in [0.15, 0.2) is 0 Å². The molecule has 0 radical (unpaired) electrons. The number of ether oxygens (including phenoxy) is 1. The van der Waals surface area contributed by atoms with Gasteiger partial charge in [0.25, 0.3) is 16.1 Å². The van der Waals surface area contributed by atoms with E-state index in [0.29, 0.717) is 60.5 Å². The van der Waals surface area contributed by atoms with E-state index in [-0.39, 0.29) is 30.5 Å². The number of hydrogen-bond donors (Lipinski definition) is 4. The third-order valence-electron chi connectivity index (χ3n) is 8.06. The Bertz CT molecular complexity index is 1480. The third kappa shape index (κ3) is 8.81. The number of anilines is 2. The van der Waals surface area contributed by atoms with Crippen LogP contribution in [0.2, 0.25) is 5.15 Å². The number of aromatic nitrogens is 2. The fraction of sp³-hybridized carbons (Fsp3) is 0.452. The zero-order valence-electron chi connectivity index (χ0n) is 25.5. The lowest BCUT2D eigenvalue weighted by atomic mass is 9.68. The van der Waals surface area contributed by atoms with E-state index >= 15 is 0 Å². The van der Waals surface area contributed by atoms with Gasteiger partial charge in [0.05, 0.1) is 12.7 Å². The van der Waals surface area contributed by atoms with Crippen LogP contribution in [0.4, 0.5) is 11.8 Å². The van der Waals surface area contributed by atoms with Crippen molar-refractivity contribution in [3.63, 3.8) is 0 Å². The maximum absolute atomic E-state index is 13.1. The molecule has 0 saturated heterocycles. The summed E-state index contributed by atoms with van der Waals surface area (Å²) in [6, 6.07) is 18.7. The molecule has 11 nitrogen and oxygen atoms in total. The molecule has 1 heterocycles. The van der Waals surface area contributed by atoms with E-state index in [1.165, 1.54) is 0 Å². The lowest BCUT2D eigenvalue weighted by Crippen LogP contribution is -2.49. The number of nitrogens with zero attached hydrogens (tertiary/aromatic N) is 3. The van der Waals surface area contributed by atoms with Gasteiger partial charge in [0.2, 0.25) is 5.95 Å². The predicted octanol–water partition coefficient (Wildman–Crippen LogP) is 4.13. The van der Waals surface area contributed by atoms with Gasteiger partial charge in [0, 0.05) is 50.2 Å². The highest BCUT2D eigenvalue weighted by atomic mass is 35.5. The van der Waals surface area contributed by atoms with E-state index in [2.05, 4.69) is 47.1 Å². The molecule has 238 valence electrons. The Kier molecular flexibility index (Phi) is 11.8. The van der Waals surface area contributed by atoms with Crippen LogP contribution in [0.3, 0.4) is 0 Å². The second-order valence-corrected chi connectivity index (χ2v) is 12.7. The molecular formula is C31H42ClN7O4S. The van der Waals surface area contributed by atoms with Gasteiger partial charge >= 0.3 is 0 Å². The highest BCUT2D eigenvalue weighted by Crippen LogP contribution is 2.39. The van der Waals surface area contributed by atoms with Crippen LogP contribution in [0.25, 0.3) is 0 Å². The summed E-state index contributed by atoms with van der Waals surface area (Å²) in [5.74, 6) is 1.37. The summed E-state index contributed by atoms with van der Waals surface area (Å²) in [6.45, 7) is 6.47. The van der Waals surface area contributed by atoms with Gasteiger partial charge in [-0.15, -0.1) is 0 Å². The molecule has 1 aliphatic rings. The first-order valence-electron chi connectivity index (χ1n) is 15.0. The van der Waals surface area contributed by atoms with Gasteiger partial charge in [-0.1, -0.05) is 54.1 Å². The number of benzene rings is 2. The van der Waals surface area contributed by atoms with Gasteiger partial charge in [0.1, 0.15) is 16.7 Å². The number of methoxy groups -OCH3 is 1. The van der Waals surface area contributed by atoms with Crippen LogP contribution in [0.5, 0.6) is 5.75 Å². The Hall–Kier alpha value is -3.45. The highest BCUT2D eigenvalue weighted by Gasteiger charge is 2.38. The van der Waals surface area contributed by atoms with Gasteiger partial charge in [-0.2, -0.15) is 18.1 Å². The number of nitrogens with one attached hydrogen (secondary N) is 4. The Morgan fingerprint density at radius 2 is 1.70 bits per heavy atom. The molecule has 4 N–H and O–H groups in total. The molecule has 0 bridgehead atoms. The molecule has 0 aliphatic heterocycles. The van der Waals surface area contributed by atoms with Crippen LogP contribution >= 0.6 is 11.6 Å². The number of carbonyl (C=O) groups excluding carboxylic acids is 1. The summed E-state index contributed by atoms with van der Waals surface area (Å²) in [5.41, 5.74) is 1.28. The van der Waals surface area contributed by atoms with Gasteiger partial charge < -0.3 is 20.3 Å². The van der Waals surface area contributed by atoms with Crippen LogP contribution in [-0.2, 0) is 15.6 Å². The summed E-state index contributed by atoms with van der Waals surface area (Å²) in [5, 5.41) is 6.48. The van der Waals surface area contributed by atoms with Crippen LogP contribution in [0.1, 0.15) is 55.5 Å². The molecule has 0 spiro atoms. The minimum atomic E-state index is -3.74. The zero-order valence-corrected chi connectivity index (χ0v) is 27.0. The minimum Gasteiger partial charge on any atom is -0.496 e. The van der Waals surface area contributed by atoms with Gasteiger partial charge in [-0.05, 0) is 57.2 Å². The molecule has 4 rings (SSSR count). The zero-order chi connectivity index (χ0) is 31.6. The van der Waals surface area contributed by atoms with Crippen molar-refractivity contribution in [3.05, 3.63) is 76.9 Å². The van der Waals surface area contributed by atoms with Gasteiger partial charge in [-0.25, -0.2) is 9.71 Å². The number of carbonyl (C=O) groups is 1. The number of halogens is 1. The van der Waals surface area contributed by atoms with E-state index in [1.54, 1.807) is 31.4 Å². The summed E-state index contributed by atoms with van der Waals surface area (Å²) < 4.78 is 36.5. The van der Waals surface area contributed by atoms with E-state index in [0.717, 1.165) is 18.7 Å². The molecule has 13 heteroatoms. The van der Waals surface area contributed by atoms with Crippen LogP contribution in [0.15, 0.2) is 60.7 Å². The smallest absolute Gasteiger partial charge is 0.277 e. The number of hydrogen-bond acceptors (Lipinski definition) is 8. The van der Waals surface area contributed by atoms with Crippen molar-refractivity contribution in [1.29, 1.82) is 0 Å². The normalized spacial score (nSPS) is 18.4. The van der Waals surface area contributed by atoms with Crippen molar-refractivity contribution in [2.75, 3.05) is 50.1 Å². The first-order valence-corrected chi connectivity index (χ1v) is 16.8. The minimum absolute atomic E-state index is 0.140. The summed E-state index contributed by atoms with van der Waals surface area (Å²) in [4.78, 5) is 23.8. The molecule has 0 unspecified atom stereocenters.